The summed E-state index contributed by atoms with van der Waals surface area (Å²) in [5.41, 5.74) is 5.40. The Balaban J connectivity index is 2.08. The van der Waals surface area contributed by atoms with Gasteiger partial charge < -0.3 is 10.5 Å². The maximum Gasteiger partial charge on any atom is 0.239 e. The molecule has 1 fully saturated rings. The van der Waals surface area contributed by atoms with Gasteiger partial charge in [0.2, 0.25) is 5.95 Å². The summed E-state index contributed by atoms with van der Waals surface area (Å²) >= 11 is 0. The van der Waals surface area contributed by atoms with Crippen LogP contribution < -0.4 is 5.73 Å². The van der Waals surface area contributed by atoms with Gasteiger partial charge in [-0.1, -0.05) is 0 Å². The Morgan fingerprint density at radius 1 is 1.67 bits per heavy atom. The van der Waals surface area contributed by atoms with E-state index in [1.54, 1.807) is 11.0 Å². The fraction of sp³-hybridized carbons (Fsp3) is 0.714. The molecule has 0 aromatic carbocycles. The average molecular weight is 168 g/mol. The van der Waals surface area contributed by atoms with Crippen LogP contribution in [0.5, 0.6) is 0 Å². The van der Waals surface area contributed by atoms with E-state index in [1.165, 1.54) is 0 Å². The van der Waals surface area contributed by atoms with Gasteiger partial charge in [-0.3, -0.25) is 0 Å². The molecule has 66 valence electrons. The van der Waals surface area contributed by atoms with Crippen LogP contribution in [0.25, 0.3) is 0 Å². The summed E-state index contributed by atoms with van der Waals surface area (Å²) in [6, 6.07) is 0.323. The first kappa shape index (κ1) is 7.54. The number of anilines is 1. The van der Waals surface area contributed by atoms with Gasteiger partial charge in [0.25, 0.3) is 0 Å². The number of aromatic nitrogens is 3. The van der Waals surface area contributed by atoms with E-state index in [0.29, 0.717) is 12.0 Å². The average Bonchev–Trinajstić information content (AvgIpc) is 2.54. The fourth-order valence-corrected chi connectivity index (χ4v) is 1.40. The van der Waals surface area contributed by atoms with Crippen LogP contribution in [-0.4, -0.2) is 28.0 Å². The summed E-state index contributed by atoms with van der Waals surface area (Å²) in [7, 11) is 0. The van der Waals surface area contributed by atoms with Crippen molar-refractivity contribution in [1.29, 1.82) is 0 Å². The maximum atomic E-state index is 5.40. The standard InChI is InChI=1S/C7H12N4O/c8-7-9-5-11(10-7)6-2-1-3-12-4-6/h5-6H,1-4H2,(H2,8,10). The quantitative estimate of drug-likeness (QED) is 0.651. The van der Waals surface area contributed by atoms with Gasteiger partial charge in [-0.15, -0.1) is 5.10 Å². The van der Waals surface area contributed by atoms with Gasteiger partial charge in [0.1, 0.15) is 6.33 Å². The minimum absolute atomic E-state index is 0.323. The molecule has 0 amide bonds. The van der Waals surface area contributed by atoms with Crippen LogP contribution in [0, 0.1) is 0 Å². The van der Waals surface area contributed by atoms with E-state index in [9.17, 15) is 0 Å². The zero-order chi connectivity index (χ0) is 8.39. The number of hydrogen-bond donors (Lipinski definition) is 1. The van der Waals surface area contributed by atoms with Gasteiger partial charge in [0.15, 0.2) is 0 Å². The third kappa shape index (κ3) is 1.40. The molecule has 0 aliphatic carbocycles. The molecule has 1 unspecified atom stereocenters. The Morgan fingerprint density at radius 3 is 3.17 bits per heavy atom. The maximum absolute atomic E-state index is 5.40. The van der Waals surface area contributed by atoms with E-state index in [1.807, 2.05) is 0 Å². The normalized spacial score (nSPS) is 24.2. The van der Waals surface area contributed by atoms with Crippen LogP contribution in [0.2, 0.25) is 0 Å². The highest BCUT2D eigenvalue weighted by atomic mass is 16.5. The molecule has 1 atom stereocenters. The van der Waals surface area contributed by atoms with Crippen molar-refractivity contribution in [3.63, 3.8) is 0 Å². The predicted octanol–water partition coefficient (Wildman–Crippen LogP) is 0.212. The lowest BCUT2D eigenvalue weighted by Gasteiger charge is -2.21. The fourth-order valence-electron chi connectivity index (χ4n) is 1.40. The molecule has 1 aromatic heterocycles. The van der Waals surface area contributed by atoms with Crippen LogP contribution in [0.15, 0.2) is 6.33 Å². The van der Waals surface area contributed by atoms with E-state index in [4.69, 9.17) is 10.5 Å². The monoisotopic (exact) mass is 168 g/mol. The highest BCUT2D eigenvalue weighted by Crippen LogP contribution is 2.17. The molecule has 0 bridgehead atoms. The lowest BCUT2D eigenvalue weighted by atomic mass is 10.1. The Hall–Kier alpha value is -1.10. The van der Waals surface area contributed by atoms with Crippen molar-refractivity contribution in [2.24, 2.45) is 0 Å². The van der Waals surface area contributed by atoms with E-state index in [2.05, 4.69) is 10.1 Å². The molecule has 0 radical (unpaired) electrons. The molecular formula is C7H12N4O. The molecule has 5 heteroatoms. The molecule has 0 spiro atoms. The minimum Gasteiger partial charge on any atom is -0.379 e. The topological polar surface area (TPSA) is 66.0 Å². The first-order valence-corrected chi connectivity index (χ1v) is 4.10. The zero-order valence-corrected chi connectivity index (χ0v) is 6.81. The largest absolute Gasteiger partial charge is 0.379 e. The molecule has 5 nitrogen and oxygen atoms in total. The van der Waals surface area contributed by atoms with Gasteiger partial charge >= 0.3 is 0 Å². The van der Waals surface area contributed by atoms with Crippen molar-refractivity contribution in [3.8, 4) is 0 Å². The van der Waals surface area contributed by atoms with E-state index < -0.39 is 0 Å². The molecule has 1 aliphatic rings. The third-order valence-corrected chi connectivity index (χ3v) is 2.04. The number of nitrogens with two attached hydrogens (primary N) is 1. The van der Waals surface area contributed by atoms with Crippen LogP contribution in [0.1, 0.15) is 18.9 Å². The van der Waals surface area contributed by atoms with Crippen LogP contribution in [0.4, 0.5) is 5.95 Å². The SMILES string of the molecule is Nc1ncn(C2CCCOC2)n1. The molecule has 12 heavy (non-hydrogen) atoms. The Labute approximate surface area is 70.5 Å². The van der Waals surface area contributed by atoms with Gasteiger partial charge in [-0.2, -0.15) is 0 Å². The second-order valence-corrected chi connectivity index (χ2v) is 2.95. The highest BCUT2D eigenvalue weighted by molar-refractivity contribution is 5.09. The molecular weight excluding hydrogens is 156 g/mol. The summed E-state index contributed by atoms with van der Waals surface area (Å²) in [6.45, 7) is 1.59. The first-order valence-electron chi connectivity index (χ1n) is 4.10. The second kappa shape index (κ2) is 3.10. The predicted molar refractivity (Wildman–Crippen MR) is 43.5 cm³/mol. The molecule has 1 saturated heterocycles. The van der Waals surface area contributed by atoms with Gasteiger partial charge in [0, 0.05) is 6.61 Å². The van der Waals surface area contributed by atoms with E-state index in [0.717, 1.165) is 26.1 Å². The zero-order valence-electron chi connectivity index (χ0n) is 6.81. The summed E-state index contributed by atoms with van der Waals surface area (Å²) < 4.78 is 7.10. The molecule has 2 rings (SSSR count). The molecule has 2 heterocycles. The van der Waals surface area contributed by atoms with Crippen LogP contribution >= 0.6 is 0 Å². The Morgan fingerprint density at radius 2 is 2.58 bits per heavy atom. The minimum atomic E-state index is 0.323. The third-order valence-electron chi connectivity index (χ3n) is 2.04. The second-order valence-electron chi connectivity index (χ2n) is 2.95. The van der Waals surface area contributed by atoms with Crippen molar-refractivity contribution in [3.05, 3.63) is 6.33 Å². The number of nitrogens with zero attached hydrogens (tertiary/aromatic N) is 3. The smallest absolute Gasteiger partial charge is 0.239 e. The van der Waals surface area contributed by atoms with Crippen molar-refractivity contribution < 1.29 is 4.74 Å². The number of hydrogen-bond acceptors (Lipinski definition) is 4. The molecule has 2 N–H and O–H groups in total. The Kier molecular flexibility index (Phi) is 1.95. The lowest BCUT2D eigenvalue weighted by Crippen LogP contribution is -2.21. The number of nitrogen functional groups attached to an aromatic ring is 1. The van der Waals surface area contributed by atoms with Gasteiger partial charge in [-0.25, -0.2) is 9.67 Å². The molecule has 1 aromatic rings. The summed E-state index contributed by atoms with van der Waals surface area (Å²) in [5, 5.41) is 4.04. The van der Waals surface area contributed by atoms with Gasteiger partial charge in [0.05, 0.1) is 12.6 Å². The van der Waals surface area contributed by atoms with Crippen molar-refractivity contribution in [2.45, 2.75) is 18.9 Å². The van der Waals surface area contributed by atoms with Crippen LogP contribution in [-0.2, 0) is 4.74 Å². The summed E-state index contributed by atoms with van der Waals surface area (Å²) in [6.07, 6.45) is 3.85. The lowest BCUT2D eigenvalue weighted by molar-refractivity contribution is 0.0549. The van der Waals surface area contributed by atoms with Crippen molar-refractivity contribution in [2.75, 3.05) is 18.9 Å². The summed E-state index contributed by atoms with van der Waals surface area (Å²) in [4.78, 5) is 3.87. The highest BCUT2D eigenvalue weighted by Gasteiger charge is 2.16. The molecule has 1 aliphatic heterocycles. The summed E-state index contributed by atoms with van der Waals surface area (Å²) in [5.74, 6) is 0.334. The Bertz CT molecular complexity index is 254. The number of rotatable bonds is 1. The number of ether oxygens (including phenoxy) is 1. The first-order chi connectivity index (χ1) is 5.86. The van der Waals surface area contributed by atoms with Gasteiger partial charge in [-0.05, 0) is 12.8 Å². The van der Waals surface area contributed by atoms with E-state index in [-0.39, 0.29) is 0 Å². The van der Waals surface area contributed by atoms with Crippen molar-refractivity contribution >= 4 is 5.95 Å². The molecule has 0 saturated carbocycles. The van der Waals surface area contributed by atoms with Crippen molar-refractivity contribution in [1.82, 2.24) is 14.8 Å². The van der Waals surface area contributed by atoms with E-state index >= 15 is 0 Å². The van der Waals surface area contributed by atoms with Crippen LogP contribution in [0.3, 0.4) is 0 Å².